The Morgan fingerprint density at radius 3 is 1.53 bits per heavy atom. The Labute approximate surface area is 615 Å². The molecule has 0 aliphatic heterocycles. The van der Waals surface area contributed by atoms with E-state index in [1.807, 2.05) is 84.7 Å². The molecule has 0 unspecified atom stereocenters. The van der Waals surface area contributed by atoms with Gasteiger partial charge in [0.1, 0.15) is 65.0 Å². The summed E-state index contributed by atoms with van der Waals surface area (Å²) in [6.07, 6.45) is 28.9. The fourth-order valence-corrected chi connectivity index (χ4v) is 13.6. The normalized spacial score (nSPS) is 13.8. The zero-order valence-electron chi connectivity index (χ0n) is 59.1. The van der Waals surface area contributed by atoms with E-state index in [0.717, 1.165) is 137 Å². The number of fused-ring (bicyclic) bond motifs is 4. The summed E-state index contributed by atoms with van der Waals surface area (Å²) in [5.41, 5.74) is 11.5. The molecule has 3 aliphatic carbocycles. The minimum absolute atomic E-state index is 0. The minimum Gasteiger partial charge on any atom is -0.357 e. The summed E-state index contributed by atoms with van der Waals surface area (Å²) in [4.78, 5) is 114. The molecule has 27 heteroatoms. The van der Waals surface area contributed by atoms with E-state index in [1.165, 1.54) is 49.5 Å². The van der Waals surface area contributed by atoms with Gasteiger partial charge in [-0.25, -0.2) is 39.9 Å². The van der Waals surface area contributed by atoms with Gasteiger partial charge in [0.15, 0.2) is 0 Å². The lowest BCUT2D eigenvalue weighted by Gasteiger charge is -2.32. The van der Waals surface area contributed by atoms with E-state index in [9.17, 15) is 32.3 Å². The molecule has 0 radical (unpaired) electrons. The van der Waals surface area contributed by atoms with Gasteiger partial charge >= 0.3 is 6.18 Å². The number of hydrogen-bond donors (Lipinski definition) is 7. The molecule has 2 fully saturated rings. The van der Waals surface area contributed by atoms with Crippen LogP contribution in [0.15, 0.2) is 123 Å². The molecule has 11 aromatic rings. The van der Waals surface area contributed by atoms with Crippen LogP contribution in [0.3, 0.4) is 0 Å². The van der Waals surface area contributed by atoms with Gasteiger partial charge in [0.25, 0.3) is 17.7 Å². The fourth-order valence-electron chi connectivity index (χ4n) is 13.4. The van der Waals surface area contributed by atoms with Crippen molar-refractivity contribution in [3.63, 3.8) is 0 Å². The number of H-pyrrole nitrogens is 7. The highest BCUT2D eigenvalue weighted by Crippen LogP contribution is 2.36. The third-order valence-corrected chi connectivity index (χ3v) is 18.9. The molecule has 0 saturated heterocycles. The molecule has 11 aromatic heterocycles. The van der Waals surface area contributed by atoms with Gasteiger partial charge in [-0.1, -0.05) is 88.8 Å². The summed E-state index contributed by atoms with van der Waals surface area (Å²) in [6.45, 7) is 14.7. The minimum atomic E-state index is -4.29. The fraction of sp³-hybridized carbons (Fsp3) is 0.377. The second kappa shape index (κ2) is 34.7. The second-order valence-corrected chi connectivity index (χ2v) is 26.5. The van der Waals surface area contributed by atoms with Crippen LogP contribution in [0.5, 0.6) is 0 Å². The molecule has 104 heavy (non-hydrogen) atoms. The zero-order chi connectivity index (χ0) is 73.3. The van der Waals surface area contributed by atoms with Crippen molar-refractivity contribution in [2.75, 3.05) is 39.3 Å². The first-order chi connectivity index (χ1) is 50.4. The van der Waals surface area contributed by atoms with Crippen LogP contribution in [-0.4, -0.2) is 176 Å². The third kappa shape index (κ3) is 17.8. The number of carbonyl (C=O) groups excluding carboxylic acids is 4. The number of halogens is 4. The van der Waals surface area contributed by atoms with Crippen molar-refractivity contribution in [3.8, 4) is 57.5 Å². The van der Waals surface area contributed by atoms with Gasteiger partial charge in [0.2, 0.25) is 5.91 Å². The third-order valence-electron chi connectivity index (χ3n) is 18.6. The van der Waals surface area contributed by atoms with Crippen LogP contribution in [0.2, 0.25) is 5.02 Å². The van der Waals surface area contributed by atoms with E-state index in [2.05, 4.69) is 119 Å². The first-order valence-electron chi connectivity index (χ1n) is 35.3. The summed E-state index contributed by atoms with van der Waals surface area (Å²) in [7, 11) is 0. The largest absolute Gasteiger partial charge is 0.390 e. The van der Waals surface area contributed by atoms with Crippen LogP contribution in [0.25, 0.3) is 83.5 Å². The summed E-state index contributed by atoms with van der Waals surface area (Å²) >= 11 is 6.25. The van der Waals surface area contributed by atoms with Crippen LogP contribution in [0.1, 0.15) is 172 Å². The second-order valence-electron chi connectivity index (χ2n) is 26.1. The zero-order valence-corrected chi connectivity index (χ0v) is 59.9. The van der Waals surface area contributed by atoms with Gasteiger partial charge in [0.05, 0.1) is 52.7 Å². The molecule has 4 amide bonds. The van der Waals surface area contributed by atoms with Crippen LogP contribution in [0.4, 0.5) is 13.2 Å². The number of amides is 4. The monoisotopic (exact) mass is 1450 g/mol. The number of unbranched alkanes of at least 4 members (excludes halogenated alkanes) is 1. The van der Waals surface area contributed by atoms with Crippen LogP contribution in [0, 0.1) is 29.6 Å². The summed E-state index contributed by atoms with van der Waals surface area (Å²) < 4.78 is 38.2. The van der Waals surface area contributed by atoms with Gasteiger partial charge in [-0.15, -0.1) is 11.8 Å². The number of rotatable bonds is 20. The number of aromatic nitrogens is 15. The molecule has 0 aromatic carbocycles. The maximum atomic E-state index is 13.2. The predicted octanol–water partition coefficient (Wildman–Crippen LogP) is 16.8. The molecule has 7 N–H and O–H groups in total. The molecule has 23 nitrogen and oxygen atoms in total. The van der Waals surface area contributed by atoms with Crippen LogP contribution < -0.4 is 0 Å². The number of carbonyl (C=O) groups is 4. The average Bonchev–Trinajstić information content (AvgIpc) is 1.66. The number of likely N-dealkylation sites (N-methyl/N-ethyl adjacent to an activating group) is 1. The van der Waals surface area contributed by atoms with Crippen LogP contribution in [-0.2, 0) is 4.79 Å². The van der Waals surface area contributed by atoms with Gasteiger partial charge in [-0.05, 0) is 113 Å². The molecule has 554 valence electrons. The van der Waals surface area contributed by atoms with Gasteiger partial charge in [-0.2, -0.15) is 13.2 Å². The first-order valence-corrected chi connectivity index (χ1v) is 35.7. The molecule has 0 atom stereocenters. The van der Waals surface area contributed by atoms with Gasteiger partial charge < -0.3 is 54.5 Å². The van der Waals surface area contributed by atoms with E-state index in [0.29, 0.717) is 70.9 Å². The number of hydrogen-bond acceptors (Lipinski definition) is 12. The summed E-state index contributed by atoms with van der Waals surface area (Å²) in [5, 5.41) is 4.07. The highest BCUT2D eigenvalue weighted by molar-refractivity contribution is 6.36. The van der Waals surface area contributed by atoms with Crippen molar-refractivity contribution < 1.29 is 42.3 Å². The summed E-state index contributed by atoms with van der Waals surface area (Å²) in [6, 6.07) is 11.2. The Bertz CT molecular complexity index is 5010. The first kappa shape index (κ1) is 74.1. The van der Waals surface area contributed by atoms with Crippen molar-refractivity contribution >= 4 is 84.9 Å². The van der Waals surface area contributed by atoms with Crippen molar-refractivity contribution in [2.24, 2.45) is 5.92 Å². The van der Waals surface area contributed by atoms with Crippen molar-refractivity contribution in [1.29, 1.82) is 0 Å². The lowest BCUT2D eigenvalue weighted by atomic mass is 9.94. The topological polar surface area (TPSA) is 295 Å². The Hall–Kier alpha value is -11.1. The average molecular weight is 1450 g/mol. The lowest BCUT2D eigenvalue weighted by Crippen LogP contribution is -2.41. The Balaban J connectivity index is 0.000000306. The SMILES string of the molecule is CC#CCN(C(=O)c1cc(-c2ncnc3[nH]ccc23)c[nH]1)C1CCCCC1.CC#CCN(CC(C)C)C(=O)c1cc(-c2ncnc3[nH]ccc23)c[nH]1.CCCCN(CC)C(=O)C1=CC(c2ncnc3[nH]cc(Cl)c23)=CC1.O=C(c1cc(-c2ncnc3[nH]ccc23)c[nH]1)N(CCC(F)(F)F)C1CCCC1.[HH].[HH].[HH].[HH].[HH].[HH].[HH]. The van der Waals surface area contributed by atoms with E-state index < -0.39 is 18.5 Å². The maximum Gasteiger partial charge on any atom is 0.390 e. The predicted molar refractivity (Wildman–Crippen MR) is 412 cm³/mol. The lowest BCUT2D eigenvalue weighted by molar-refractivity contribution is -0.137. The molecule has 2 saturated carbocycles. The number of aromatic amines is 7. The van der Waals surface area contributed by atoms with E-state index in [4.69, 9.17) is 11.6 Å². The molecule has 0 spiro atoms. The Morgan fingerprint density at radius 1 is 0.567 bits per heavy atom. The molecule has 11 heterocycles. The number of nitrogens with zero attached hydrogens (tertiary/aromatic N) is 12. The molecular weight excluding hydrogens is 1350 g/mol. The number of nitrogens with one attached hydrogen (secondary N) is 7. The highest BCUT2D eigenvalue weighted by Gasteiger charge is 2.35. The quantitative estimate of drug-likeness (QED) is 0.0351. The molecule has 14 rings (SSSR count). The van der Waals surface area contributed by atoms with E-state index >= 15 is 0 Å². The smallest absolute Gasteiger partial charge is 0.357 e. The van der Waals surface area contributed by atoms with E-state index in [1.54, 1.807) is 42.7 Å². The number of alkyl halides is 3. The van der Waals surface area contributed by atoms with Crippen molar-refractivity contribution in [3.05, 3.63) is 151 Å². The highest BCUT2D eigenvalue weighted by atomic mass is 35.5. The standard InChI is InChI=1S/C21H23N5O.C19H20F3N5O.C19H21N5O.C18H21ClN4O.7H2/c1-2-3-11-26(16-7-5-4-6-8-16)21(27)18-12-15(13-23-18)19-17-9-10-22-20(17)25-14-24-19;20-19(21,22)6-8-27(13-3-1-2-4-13)18(28)15-9-12(10-24-15)16-14-5-7-23-17(14)26-11-25-16;1-4-5-8-24(11-13(2)3)19(25)16-9-14(10-21-16)17-15-6-7-20-18(15)23-12-22-17;1-3-5-8-23(4-2)18(24)13-7-6-12(9-13)16-15-14(19)10-20-17(15)22-11-21-16;;;;;;;/h9-10,12-14,16,23H,4-8,11H2,1H3,(H,22,24,25);5,7,9-11,13,24H,1-4,6,8H2,(H,23,25,26);6-7,9-10,12-13,21H,8,11H2,1-3H3,(H,20,22,23);6,9-11H,3-5,7-8H2,1-2H3,(H,20,21,22);7*1H. The van der Waals surface area contributed by atoms with Crippen molar-refractivity contribution in [1.82, 2.24) is 94.4 Å². The van der Waals surface area contributed by atoms with Gasteiger partial charge in [0, 0.05) is 130 Å². The van der Waals surface area contributed by atoms with E-state index in [-0.39, 0.29) is 52.0 Å². The molecule has 3 aliphatic rings. The van der Waals surface area contributed by atoms with Gasteiger partial charge in [-0.3, -0.25) is 19.2 Å². The summed E-state index contributed by atoms with van der Waals surface area (Å²) in [5.74, 6) is 11.9. The maximum absolute atomic E-state index is 13.2. The van der Waals surface area contributed by atoms with Crippen LogP contribution >= 0.6 is 11.6 Å². The molecule has 0 bridgehead atoms. The molecular formula is C77H99ClF3N19O4. The van der Waals surface area contributed by atoms with Crippen molar-refractivity contribution in [2.45, 2.75) is 143 Å². The Kier molecular flexibility index (Phi) is 24.7. The Morgan fingerprint density at radius 2 is 1.04 bits per heavy atom. The number of allylic oxidation sites excluding steroid dienone is 3.